The van der Waals surface area contributed by atoms with Crippen molar-refractivity contribution in [1.29, 1.82) is 0 Å². The Morgan fingerprint density at radius 3 is 2.48 bits per heavy atom. The number of imidazole rings is 2. The van der Waals surface area contributed by atoms with Crippen LogP contribution in [0.2, 0.25) is 0 Å². The molecular formula is C23H22N8. The summed E-state index contributed by atoms with van der Waals surface area (Å²) in [6.45, 7) is 2.93. The molecule has 3 heterocycles. The second-order valence-corrected chi connectivity index (χ2v) is 7.09. The van der Waals surface area contributed by atoms with Crippen molar-refractivity contribution in [1.82, 2.24) is 29.1 Å². The van der Waals surface area contributed by atoms with Crippen LogP contribution >= 0.6 is 0 Å². The lowest BCUT2D eigenvalue weighted by Crippen LogP contribution is -2.07. The van der Waals surface area contributed by atoms with Crippen LogP contribution in [-0.4, -0.2) is 35.6 Å². The minimum atomic E-state index is 0.513. The van der Waals surface area contributed by atoms with E-state index in [2.05, 4.69) is 32.5 Å². The van der Waals surface area contributed by atoms with Gasteiger partial charge in [0, 0.05) is 36.0 Å². The summed E-state index contributed by atoms with van der Waals surface area (Å²) in [7, 11) is 0. The van der Waals surface area contributed by atoms with E-state index in [-0.39, 0.29) is 0 Å². The van der Waals surface area contributed by atoms with Crippen LogP contribution in [0.4, 0.5) is 17.5 Å². The molecule has 0 atom stereocenters. The monoisotopic (exact) mass is 410 g/mol. The van der Waals surface area contributed by atoms with Crippen molar-refractivity contribution in [2.24, 2.45) is 0 Å². The highest BCUT2D eigenvalue weighted by Gasteiger charge is 2.14. The molecule has 0 saturated carbocycles. The van der Waals surface area contributed by atoms with Crippen LogP contribution in [0.1, 0.15) is 13.3 Å². The van der Waals surface area contributed by atoms with E-state index in [0.717, 1.165) is 47.0 Å². The highest BCUT2D eigenvalue weighted by Crippen LogP contribution is 2.25. The third-order valence-electron chi connectivity index (χ3n) is 4.90. The summed E-state index contributed by atoms with van der Waals surface area (Å²) in [6, 6.07) is 18.1. The molecule has 0 bridgehead atoms. The predicted molar refractivity (Wildman–Crippen MR) is 122 cm³/mol. The van der Waals surface area contributed by atoms with E-state index < -0.39 is 0 Å². The van der Waals surface area contributed by atoms with Gasteiger partial charge in [-0.1, -0.05) is 25.1 Å². The lowest BCUT2D eigenvalue weighted by Gasteiger charge is -2.11. The molecule has 0 aliphatic rings. The molecule has 0 saturated heterocycles. The quantitative estimate of drug-likeness (QED) is 0.409. The van der Waals surface area contributed by atoms with Gasteiger partial charge in [-0.15, -0.1) is 0 Å². The number of fused-ring (bicyclic) bond motifs is 1. The summed E-state index contributed by atoms with van der Waals surface area (Å²) in [5, 5.41) is 6.70. The number of aromatic nitrogens is 6. The second-order valence-electron chi connectivity index (χ2n) is 7.09. The first-order valence-electron chi connectivity index (χ1n) is 10.2. The van der Waals surface area contributed by atoms with Gasteiger partial charge in [0.1, 0.15) is 6.33 Å². The molecule has 0 amide bonds. The lowest BCUT2D eigenvalue weighted by atomic mass is 10.3. The molecule has 0 fully saturated rings. The van der Waals surface area contributed by atoms with E-state index in [1.165, 1.54) is 0 Å². The topological polar surface area (TPSA) is 85.5 Å². The van der Waals surface area contributed by atoms with Crippen molar-refractivity contribution in [2.75, 3.05) is 17.2 Å². The van der Waals surface area contributed by atoms with E-state index in [9.17, 15) is 0 Å². The van der Waals surface area contributed by atoms with Gasteiger partial charge in [0.15, 0.2) is 17.0 Å². The molecule has 3 aromatic heterocycles. The molecule has 0 radical (unpaired) electrons. The molecule has 154 valence electrons. The molecule has 5 rings (SSSR count). The molecular weight excluding hydrogens is 388 g/mol. The number of nitrogens with zero attached hydrogens (tertiary/aromatic N) is 6. The lowest BCUT2D eigenvalue weighted by molar-refractivity contribution is 0.968. The van der Waals surface area contributed by atoms with Gasteiger partial charge in [-0.3, -0.25) is 4.57 Å². The standard InChI is InChI=1S/C23H22N8/c1-2-12-25-21-20-22(31(16-26-20)19-6-4-3-5-7-19)29-23(28-21)27-17-8-10-18(11-9-17)30-14-13-24-15-30/h3-11,13-16H,2,12H2,1H3,(H2,25,27,28,29). The number of rotatable bonds is 7. The van der Waals surface area contributed by atoms with Gasteiger partial charge >= 0.3 is 0 Å². The number of hydrogen-bond acceptors (Lipinski definition) is 6. The molecule has 0 aliphatic carbocycles. The first-order chi connectivity index (χ1) is 15.3. The van der Waals surface area contributed by atoms with E-state index in [0.29, 0.717) is 5.95 Å². The van der Waals surface area contributed by atoms with Gasteiger partial charge in [0.2, 0.25) is 5.95 Å². The van der Waals surface area contributed by atoms with Crippen molar-refractivity contribution in [3.05, 3.63) is 79.6 Å². The minimum Gasteiger partial charge on any atom is -0.368 e. The molecule has 0 unspecified atom stereocenters. The van der Waals surface area contributed by atoms with Crippen molar-refractivity contribution >= 4 is 28.6 Å². The largest absolute Gasteiger partial charge is 0.368 e. The highest BCUT2D eigenvalue weighted by atomic mass is 15.2. The van der Waals surface area contributed by atoms with Gasteiger partial charge in [0.05, 0.1) is 6.33 Å². The summed E-state index contributed by atoms with van der Waals surface area (Å²) in [5.74, 6) is 1.23. The molecule has 5 aromatic rings. The number of nitrogens with one attached hydrogen (secondary N) is 2. The maximum Gasteiger partial charge on any atom is 0.231 e. The number of anilines is 3. The van der Waals surface area contributed by atoms with Crippen molar-refractivity contribution in [2.45, 2.75) is 13.3 Å². The fourth-order valence-corrected chi connectivity index (χ4v) is 3.36. The van der Waals surface area contributed by atoms with E-state index in [1.54, 1.807) is 18.9 Å². The molecule has 0 aliphatic heterocycles. The average Bonchev–Trinajstić information content (AvgIpc) is 3.49. The van der Waals surface area contributed by atoms with Crippen LogP contribution in [0.25, 0.3) is 22.5 Å². The SMILES string of the molecule is CCCNc1nc(Nc2ccc(-n3ccnc3)cc2)nc2c1ncn2-c1ccccc1. The average molecular weight is 410 g/mol. The number of benzene rings is 2. The van der Waals surface area contributed by atoms with Crippen LogP contribution in [0, 0.1) is 0 Å². The fraction of sp³-hybridized carbons (Fsp3) is 0.130. The zero-order chi connectivity index (χ0) is 21.0. The van der Waals surface area contributed by atoms with Gasteiger partial charge < -0.3 is 15.2 Å². The summed E-state index contributed by atoms with van der Waals surface area (Å²) in [4.78, 5) is 18.1. The Morgan fingerprint density at radius 2 is 1.74 bits per heavy atom. The van der Waals surface area contributed by atoms with Crippen molar-refractivity contribution in [3.8, 4) is 11.4 Å². The third-order valence-corrected chi connectivity index (χ3v) is 4.90. The fourth-order valence-electron chi connectivity index (χ4n) is 3.36. The molecule has 2 N–H and O–H groups in total. The van der Waals surface area contributed by atoms with Gasteiger partial charge in [-0.2, -0.15) is 9.97 Å². The number of hydrogen-bond donors (Lipinski definition) is 2. The van der Waals surface area contributed by atoms with Gasteiger partial charge in [-0.25, -0.2) is 9.97 Å². The maximum atomic E-state index is 4.77. The maximum absolute atomic E-state index is 4.77. The molecule has 8 nitrogen and oxygen atoms in total. The van der Waals surface area contributed by atoms with Crippen molar-refractivity contribution < 1.29 is 0 Å². The summed E-state index contributed by atoms with van der Waals surface area (Å²) in [5.41, 5.74) is 4.43. The van der Waals surface area contributed by atoms with Crippen LogP contribution in [-0.2, 0) is 0 Å². The van der Waals surface area contributed by atoms with E-state index in [1.807, 2.05) is 69.9 Å². The summed E-state index contributed by atoms with van der Waals surface area (Å²) >= 11 is 0. The molecule has 2 aromatic carbocycles. The number of para-hydroxylation sites is 1. The Bertz CT molecular complexity index is 1270. The molecule has 8 heteroatoms. The minimum absolute atomic E-state index is 0.513. The molecule has 0 spiro atoms. The van der Waals surface area contributed by atoms with E-state index in [4.69, 9.17) is 4.98 Å². The zero-order valence-corrected chi connectivity index (χ0v) is 17.1. The van der Waals surface area contributed by atoms with Crippen LogP contribution < -0.4 is 10.6 Å². The predicted octanol–water partition coefficient (Wildman–Crippen LogP) is 4.57. The van der Waals surface area contributed by atoms with E-state index >= 15 is 0 Å². The van der Waals surface area contributed by atoms with Crippen LogP contribution in [0.3, 0.4) is 0 Å². The first-order valence-corrected chi connectivity index (χ1v) is 10.2. The van der Waals surface area contributed by atoms with Gasteiger partial charge in [0.25, 0.3) is 0 Å². The van der Waals surface area contributed by atoms with Crippen molar-refractivity contribution in [3.63, 3.8) is 0 Å². The molecule has 31 heavy (non-hydrogen) atoms. The van der Waals surface area contributed by atoms with Gasteiger partial charge in [-0.05, 0) is 42.8 Å². The first kappa shape index (κ1) is 18.8. The summed E-state index contributed by atoms with van der Waals surface area (Å²) < 4.78 is 3.93. The highest BCUT2D eigenvalue weighted by molar-refractivity contribution is 5.86. The summed E-state index contributed by atoms with van der Waals surface area (Å²) in [6.07, 6.45) is 8.22. The Kier molecular flexibility index (Phi) is 5.02. The third kappa shape index (κ3) is 3.83. The Hall–Kier alpha value is -4.20. The normalized spacial score (nSPS) is 11.0. The van der Waals surface area contributed by atoms with Crippen LogP contribution in [0.15, 0.2) is 79.6 Å². The second kappa shape index (κ2) is 8.27. The Morgan fingerprint density at radius 1 is 0.903 bits per heavy atom. The van der Waals surface area contributed by atoms with Crippen LogP contribution in [0.5, 0.6) is 0 Å². The zero-order valence-electron chi connectivity index (χ0n) is 17.1. The Labute approximate surface area is 179 Å². The smallest absolute Gasteiger partial charge is 0.231 e. The Balaban J connectivity index is 1.51.